The fourth-order valence-corrected chi connectivity index (χ4v) is 12.1. The number of aliphatic hydroxyl groups excluding tert-OH is 1. The van der Waals surface area contributed by atoms with Gasteiger partial charge in [0, 0.05) is 29.1 Å². The first-order valence-corrected chi connectivity index (χ1v) is 17.5. The first-order chi connectivity index (χ1) is 16.6. The van der Waals surface area contributed by atoms with Gasteiger partial charge in [-0.05, 0) is 73.3 Å². The normalized spacial score (nSPS) is 47.6. The molecule has 5 fully saturated rings. The van der Waals surface area contributed by atoms with Crippen LogP contribution in [0.3, 0.4) is 0 Å². The van der Waals surface area contributed by atoms with Gasteiger partial charge in [0.25, 0.3) is 0 Å². The fraction of sp³-hybridized carbons (Fsp3) is 0.967. The topological polar surface area (TPSA) is 65.0 Å². The lowest BCUT2D eigenvalue weighted by Crippen LogP contribution is -2.73. The average Bonchev–Trinajstić information content (AvgIpc) is 3.38. The number of aliphatic hydroxyl groups is 1. The number of rotatable bonds is 3. The molecule has 5 aliphatic rings. The number of Topliss-reactive ketones (excluding diaryl/α,β-unsaturated/α-hetero) is 1. The zero-order chi connectivity index (χ0) is 26.5. The molecule has 206 valence electrons. The number of hydrogen-bond donors (Lipinski definition) is 1. The molecular formula is C30H52O5Si. The summed E-state index contributed by atoms with van der Waals surface area (Å²) in [5.74, 6) is 0.455. The van der Waals surface area contributed by atoms with Crippen LogP contribution in [-0.2, 0) is 18.7 Å². The number of fused-ring (bicyclic) bond motifs is 5. The second-order valence-electron chi connectivity index (χ2n) is 15.4. The quantitative estimate of drug-likeness (QED) is 0.502. The summed E-state index contributed by atoms with van der Waals surface area (Å²) in [5, 5.41) is 10.9. The number of ketones is 1. The second kappa shape index (κ2) is 8.61. The number of hydrogen-bond acceptors (Lipinski definition) is 5. The van der Waals surface area contributed by atoms with Gasteiger partial charge in [0.15, 0.2) is 14.8 Å². The summed E-state index contributed by atoms with van der Waals surface area (Å²) in [6.07, 6.45) is 5.31. The Kier molecular flexibility index (Phi) is 6.53. The van der Waals surface area contributed by atoms with E-state index in [9.17, 15) is 9.90 Å². The summed E-state index contributed by atoms with van der Waals surface area (Å²) in [6.45, 7) is 22.1. The summed E-state index contributed by atoms with van der Waals surface area (Å²) < 4.78 is 19.8. The van der Waals surface area contributed by atoms with Gasteiger partial charge in [-0.15, -0.1) is 0 Å². The van der Waals surface area contributed by atoms with E-state index in [-0.39, 0.29) is 46.7 Å². The Morgan fingerprint density at radius 2 is 1.67 bits per heavy atom. The monoisotopic (exact) mass is 520 g/mol. The third-order valence-electron chi connectivity index (χ3n) is 12.2. The molecule has 5 nitrogen and oxygen atoms in total. The minimum atomic E-state index is -1.38. The highest BCUT2D eigenvalue weighted by Crippen LogP contribution is 2.73. The summed E-state index contributed by atoms with van der Waals surface area (Å²) in [7, 11) is -1.38. The van der Waals surface area contributed by atoms with Crippen molar-refractivity contribution in [1.29, 1.82) is 0 Å². The molecule has 1 heterocycles. The lowest BCUT2D eigenvalue weighted by Gasteiger charge is -2.69. The van der Waals surface area contributed by atoms with E-state index >= 15 is 0 Å². The predicted octanol–water partition coefficient (Wildman–Crippen LogP) is 5.45. The Labute approximate surface area is 221 Å². The highest BCUT2D eigenvalue weighted by Gasteiger charge is 2.74. The minimum absolute atomic E-state index is 0.0147. The molecule has 1 saturated heterocycles. The minimum Gasteiger partial charge on any atom is -0.417 e. The zero-order valence-electron chi connectivity index (χ0n) is 24.4. The lowest BCUT2D eigenvalue weighted by molar-refractivity contribution is -0.328. The molecule has 6 heteroatoms. The maximum atomic E-state index is 14.6. The molecule has 1 spiro atoms. The van der Waals surface area contributed by atoms with Gasteiger partial charge in [-0.2, -0.15) is 0 Å². The largest absolute Gasteiger partial charge is 0.417 e. The molecule has 36 heavy (non-hydrogen) atoms. The molecule has 0 aromatic rings. The summed E-state index contributed by atoms with van der Waals surface area (Å²) in [5.41, 5.74) is -0.184. The van der Waals surface area contributed by atoms with Gasteiger partial charge in [-0.1, -0.05) is 48.5 Å². The van der Waals surface area contributed by atoms with Crippen molar-refractivity contribution < 1.29 is 23.8 Å². The van der Waals surface area contributed by atoms with Gasteiger partial charge in [0.1, 0.15) is 5.78 Å². The van der Waals surface area contributed by atoms with Crippen LogP contribution in [0.25, 0.3) is 0 Å². The molecule has 4 aliphatic carbocycles. The van der Waals surface area contributed by atoms with Crippen molar-refractivity contribution in [2.75, 3.05) is 19.8 Å². The van der Waals surface area contributed by atoms with E-state index in [1.807, 2.05) is 0 Å². The molecule has 4 saturated carbocycles. The van der Waals surface area contributed by atoms with Gasteiger partial charge < -0.3 is 19.0 Å². The highest BCUT2D eigenvalue weighted by molar-refractivity contribution is 6.48. The van der Waals surface area contributed by atoms with E-state index in [1.54, 1.807) is 0 Å². The Morgan fingerprint density at radius 1 is 1.03 bits per heavy atom. The van der Waals surface area contributed by atoms with Crippen LogP contribution in [0, 0.1) is 57.2 Å². The zero-order valence-corrected chi connectivity index (χ0v) is 25.5. The predicted molar refractivity (Wildman–Crippen MR) is 144 cm³/mol. The Hall–Kier alpha value is -0.273. The van der Waals surface area contributed by atoms with Gasteiger partial charge in [0.05, 0.1) is 25.9 Å². The van der Waals surface area contributed by atoms with E-state index in [1.165, 1.54) is 12.8 Å². The van der Waals surface area contributed by atoms with E-state index in [2.05, 4.69) is 61.6 Å². The smallest absolute Gasteiger partial charge is 0.176 e. The summed E-state index contributed by atoms with van der Waals surface area (Å²) >= 11 is 0. The molecule has 0 amide bonds. The maximum Gasteiger partial charge on any atom is 0.176 e. The summed E-state index contributed by atoms with van der Waals surface area (Å²) in [6, 6.07) is 0. The van der Waals surface area contributed by atoms with Crippen LogP contribution >= 0.6 is 0 Å². The molecule has 0 radical (unpaired) electrons. The third-order valence-corrected chi connectivity index (χ3v) is 13.0. The Balaban J connectivity index is 1.64. The van der Waals surface area contributed by atoms with Crippen LogP contribution in [0.5, 0.6) is 0 Å². The van der Waals surface area contributed by atoms with Gasteiger partial charge in [-0.3, -0.25) is 4.79 Å². The van der Waals surface area contributed by atoms with Gasteiger partial charge in [-0.25, -0.2) is 0 Å². The third kappa shape index (κ3) is 3.49. The Morgan fingerprint density at radius 3 is 2.22 bits per heavy atom. The Bertz CT molecular complexity index is 873. The number of carbonyl (C=O) groups excluding carboxylic acids is 1. The SMILES string of the molecule is C[SiH](C)OC1CC2(OCCO2)C(C)(C)C2[C@@H](CO)C(=O)[C@@H]3[C@H](CC[C@]4(C)[C@@H](C(C)(C)C)CC[C@@H]34)[C@@]12C. The van der Waals surface area contributed by atoms with Crippen molar-refractivity contribution in [2.24, 2.45) is 57.2 Å². The van der Waals surface area contributed by atoms with E-state index in [0.717, 1.165) is 19.3 Å². The van der Waals surface area contributed by atoms with Gasteiger partial charge in [0.2, 0.25) is 0 Å². The fourth-order valence-electron chi connectivity index (χ4n) is 11.1. The molecule has 0 aromatic carbocycles. The standard InChI is InChI=1S/C30H52O5Si/c1-26(2,3)21-11-10-19-23-20(12-13-28(19,21)6)29(7)22(35-36(8)9)16-30(33-14-15-34-30)27(4,5)25(29)18(17-31)24(23)32/h18-23,25,31,36H,10-17H2,1-9H3/t18-,19-,20-,21+,22?,23-,25?,28-,29-/m0/s1. The van der Waals surface area contributed by atoms with Crippen LogP contribution < -0.4 is 0 Å². The van der Waals surface area contributed by atoms with Crippen molar-refractivity contribution in [1.82, 2.24) is 0 Å². The van der Waals surface area contributed by atoms with Gasteiger partial charge >= 0.3 is 0 Å². The van der Waals surface area contributed by atoms with Crippen molar-refractivity contribution >= 4 is 14.8 Å². The molecule has 2 unspecified atom stereocenters. The van der Waals surface area contributed by atoms with Crippen LogP contribution in [0.2, 0.25) is 13.1 Å². The molecule has 5 rings (SSSR count). The first kappa shape index (κ1) is 27.3. The molecule has 1 N–H and O–H groups in total. The van der Waals surface area contributed by atoms with Crippen molar-refractivity contribution in [2.45, 2.75) is 106 Å². The van der Waals surface area contributed by atoms with Crippen LogP contribution in [-0.4, -0.2) is 51.6 Å². The van der Waals surface area contributed by atoms with Crippen LogP contribution in [0.4, 0.5) is 0 Å². The second-order valence-corrected chi connectivity index (χ2v) is 17.7. The molecule has 9 atom stereocenters. The van der Waals surface area contributed by atoms with Crippen molar-refractivity contribution in [3.63, 3.8) is 0 Å². The number of carbonyl (C=O) groups is 1. The average molecular weight is 521 g/mol. The van der Waals surface area contributed by atoms with Crippen LogP contribution in [0.15, 0.2) is 0 Å². The lowest BCUT2D eigenvalue weighted by atomic mass is 9.37. The molecule has 1 aliphatic heterocycles. The van der Waals surface area contributed by atoms with E-state index in [4.69, 9.17) is 13.9 Å². The molecule has 0 bridgehead atoms. The summed E-state index contributed by atoms with van der Waals surface area (Å²) in [4.78, 5) is 14.6. The highest BCUT2D eigenvalue weighted by atomic mass is 28.3. The molecule has 0 aromatic heterocycles. The first-order valence-electron chi connectivity index (χ1n) is 14.7. The van der Waals surface area contributed by atoms with E-state index in [0.29, 0.717) is 30.8 Å². The van der Waals surface area contributed by atoms with E-state index < -0.39 is 26.2 Å². The van der Waals surface area contributed by atoms with Crippen LogP contribution in [0.1, 0.15) is 80.6 Å². The molecular weight excluding hydrogens is 468 g/mol. The number of ether oxygens (including phenoxy) is 2. The maximum absolute atomic E-state index is 14.6. The van der Waals surface area contributed by atoms with Crippen molar-refractivity contribution in [3.05, 3.63) is 0 Å². The van der Waals surface area contributed by atoms with Crippen molar-refractivity contribution in [3.8, 4) is 0 Å².